The number of aromatic carboxylic acids is 1. The van der Waals surface area contributed by atoms with E-state index in [4.69, 9.17) is 4.74 Å². The maximum atomic E-state index is 12.4. The molecule has 0 bridgehead atoms. The molecule has 3 aromatic rings. The highest BCUT2D eigenvalue weighted by Crippen LogP contribution is 2.32. The Morgan fingerprint density at radius 3 is 2.29 bits per heavy atom. The molecule has 35 heavy (non-hydrogen) atoms. The fourth-order valence-electron chi connectivity index (χ4n) is 3.86. The number of nitrogens with zero attached hydrogens (tertiary/aromatic N) is 1. The Balaban J connectivity index is 1.29. The SMILES string of the molecule is CC(=O)N1CC[C@H](Sc2ccc(Oc3ccc(CC(=O)Nc4ccccc4C(=O)O)cc3)cc2)C1. The zero-order valence-corrected chi connectivity index (χ0v) is 20.1. The molecule has 180 valence electrons. The first-order valence-electron chi connectivity index (χ1n) is 11.3. The Labute approximate surface area is 208 Å². The van der Waals surface area contributed by atoms with E-state index in [0.717, 1.165) is 30.0 Å². The van der Waals surface area contributed by atoms with Crippen molar-refractivity contribution in [1.29, 1.82) is 0 Å². The van der Waals surface area contributed by atoms with Crippen LogP contribution in [0.2, 0.25) is 0 Å². The predicted molar refractivity (Wildman–Crippen MR) is 135 cm³/mol. The van der Waals surface area contributed by atoms with Crippen LogP contribution in [0.15, 0.2) is 77.7 Å². The zero-order valence-electron chi connectivity index (χ0n) is 19.3. The third-order valence-corrected chi connectivity index (χ3v) is 6.93. The van der Waals surface area contributed by atoms with Gasteiger partial charge in [-0.1, -0.05) is 24.3 Å². The van der Waals surface area contributed by atoms with E-state index in [0.29, 0.717) is 16.7 Å². The first kappa shape index (κ1) is 24.3. The highest BCUT2D eigenvalue weighted by Gasteiger charge is 2.24. The lowest BCUT2D eigenvalue weighted by Gasteiger charge is -2.14. The average molecular weight is 491 g/mol. The molecule has 1 heterocycles. The Bertz CT molecular complexity index is 1210. The van der Waals surface area contributed by atoms with Crippen molar-refractivity contribution in [3.8, 4) is 11.5 Å². The molecule has 2 amide bonds. The minimum absolute atomic E-state index is 0.0512. The van der Waals surface area contributed by atoms with Crippen LogP contribution >= 0.6 is 11.8 Å². The van der Waals surface area contributed by atoms with E-state index in [1.165, 1.54) is 6.07 Å². The number of hydrogen-bond donors (Lipinski definition) is 2. The van der Waals surface area contributed by atoms with Gasteiger partial charge >= 0.3 is 5.97 Å². The van der Waals surface area contributed by atoms with Gasteiger partial charge in [0.05, 0.1) is 17.7 Å². The standard InChI is InChI=1S/C27H26N2O5S/c1-18(30)29-15-14-23(17-29)35-22-12-10-21(11-13-22)34-20-8-6-19(7-9-20)16-26(31)28-25-5-3-2-4-24(25)27(32)33/h2-13,23H,14-17H2,1H3,(H,28,31)(H,32,33)/t23-/m0/s1. The number of ether oxygens (including phenoxy) is 1. The largest absolute Gasteiger partial charge is 0.478 e. The molecule has 4 rings (SSSR count). The first-order chi connectivity index (χ1) is 16.9. The molecule has 0 aromatic heterocycles. The van der Waals surface area contributed by atoms with Crippen molar-refractivity contribution >= 4 is 35.2 Å². The van der Waals surface area contributed by atoms with E-state index >= 15 is 0 Å². The van der Waals surface area contributed by atoms with Gasteiger partial charge in [0.25, 0.3) is 0 Å². The van der Waals surface area contributed by atoms with Crippen LogP contribution in [0.1, 0.15) is 29.3 Å². The van der Waals surface area contributed by atoms with Crippen molar-refractivity contribution in [2.24, 2.45) is 0 Å². The number of benzene rings is 3. The maximum Gasteiger partial charge on any atom is 0.337 e. The number of carbonyl (C=O) groups excluding carboxylic acids is 2. The fraction of sp³-hybridized carbons (Fsp3) is 0.222. The van der Waals surface area contributed by atoms with Crippen LogP contribution in [-0.4, -0.2) is 46.1 Å². The number of nitrogens with one attached hydrogen (secondary N) is 1. The van der Waals surface area contributed by atoms with E-state index in [1.54, 1.807) is 49.0 Å². The molecule has 3 aromatic carbocycles. The second-order valence-corrected chi connectivity index (χ2v) is 9.66. The van der Waals surface area contributed by atoms with E-state index in [1.807, 2.05) is 41.3 Å². The number of anilines is 1. The minimum Gasteiger partial charge on any atom is -0.478 e. The topological polar surface area (TPSA) is 95.9 Å². The number of carboxylic acid groups (broad SMARTS) is 1. The molecule has 0 aliphatic carbocycles. The van der Waals surface area contributed by atoms with Crippen LogP contribution in [-0.2, 0) is 16.0 Å². The van der Waals surface area contributed by atoms with Gasteiger partial charge in [0.1, 0.15) is 11.5 Å². The summed E-state index contributed by atoms with van der Waals surface area (Å²) in [5, 5.41) is 12.3. The summed E-state index contributed by atoms with van der Waals surface area (Å²) < 4.78 is 5.92. The van der Waals surface area contributed by atoms with Crippen LogP contribution in [0.25, 0.3) is 0 Å². The lowest BCUT2D eigenvalue weighted by molar-refractivity contribution is -0.127. The van der Waals surface area contributed by atoms with Gasteiger partial charge in [-0.25, -0.2) is 4.79 Å². The lowest BCUT2D eigenvalue weighted by atomic mass is 10.1. The minimum atomic E-state index is -1.09. The highest BCUT2D eigenvalue weighted by molar-refractivity contribution is 8.00. The van der Waals surface area contributed by atoms with Crippen LogP contribution in [0.4, 0.5) is 5.69 Å². The molecule has 0 radical (unpaired) electrons. The first-order valence-corrected chi connectivity index (χ1v) is 12.2. The molecule has 1 aliphatic rings. The Hall–Kier alpha value is -3.78. The van der Waals surface area contributed by atoms with Gasteiger partial charge in [-0.3, -0.25) is 9.59 Å². The van der Waals surface area contributed by atoms with Gasteiger partial charge in [0.2, 0.25) is 11.8 Å². The molecular weight excluding hydrogens is 464 g/mol. The van der Waals surface area contributed by atoms with E-state index in [9.17, 15) is 19.5 Å². The molecular formula is C27H26N2O5S. The summed E-state index contributed by atoms with van der Waals surface area (Å²) in [6.45, 7) is 3.22. The lowest BCUT2D eigenvalue weighted by Crippen LogP contribution is -2.26. The van der Waals surface area contributed by atoms with Crippen molar-refractivity contribution in [2.45, 2.75) is 29.9 Å². The van der Waals surface area contributed by atoms with Gasteiger partial charge < -0.3 is 20.1 Å². The summed E-state index contributed by atoms with van der Waals surface area (Å²) in [4.78, 5) is 38.2. The number of likely N-dealkylation sites (tertiary alicyclic amines) is 1. The number of carbonyl (C=O) groups is 3. The number of para-hydroxylation sites is 1. The van der Waals surface area contributed by atoms with Gasteiger partial charge in [-0.05, 0) is 60.5 Å². The van der Waals surface area contributed by atoms with Crippen molar-refractivity contribution in [2.75, 3.05) is 18.4 Å². The Kier molecular flexibility index (Phi) is 7.72. The smallest absolute Gasteiger partial charge is 0.337 e. The third kappa shape index (κ3) is 6.64. The van der Waals surface area contributed by atoms with Crippen LogP contribution in [0.5, 0.6) is 11.5 Å². The summed E-state index contributed by atoms with van der Waals surface area (Å²) in [6, 6.07) is 21.4. The molecule has 7 nitrogen and oxygen atoms in total. The van der Waals surface area contributed by atoms with Crippen molar-refractivity contribution in [1.82, 2.24) is 4.90 Å². The Morgan fingerprint density at radius 2 is 1.66 bits per heavy atom. The molecule has 1 aliphatic heterocycles. The molecule has 1 saturated heterocycles. The molecule has 1 fully saturated rings. The van der Waals surface area contributed by atoms with E-state index in [2.05, 4.69) is 5.32 Å². The monoisotopic (exact) mass is 490 g/mol. The number of thioether (sulfide) groups is 1. The van der Waals surface area contributed by atoms with Gasteiger partial charge in [-0.15, -0.1) is 11.8 Å². The zero-order chi connectivity index (χ0) is 24.8. The van der Waals surface area contributed by atoms with Crippen molar-refractivity contribution in [3.63, 3.8) is 0 Å². The second kappa shape index (κ2) is 11.1. The molecule has 2 N–H and O–H groups in total. The second-order valence-electron chi connectivity index (χ2n) is 8.29. The number of hydrogen-bond acceptors (Lipinski definition) is 5. The van der Waals surface area contributed by atoms with E-state index < -0.39 is 5.97 Å². The summed E-state index contributed by atoms with van der Waals surface area (Å²) in [6.07, 6.45) is 1.11. The van der Waals surface area contributed by atoms with Crippen molar-refractivity contribution in [3.05, 3.63) is 83.9 Å². The predicted octanol–water partition coefficient (Wildman–Crippen LogP) is 5.07. The quantitative estimate of drug-likeness (QED) is 0.458. The van der Waals surface area contributed by atoms with Crippen LogP contribution in [0.3, 0.4) is 0 Å². The summed E-state index contributed by atoms with van der Waals surface area (Å²) in [7, 11) is 0. The molecule has 0 unspecified atom stereocenters. The number of rotatable bonds is 8. The average Bonchev–Trinajstić information content (AvgIpc) is 3.31. The summed E-state index contributed by atoms with van der Waals surface area (Å²) in [5.74, 6) is 0.105. The van der Waals surface area contributed by atoms with Gasteiger partial charge in [-0.2, -0.15) is 0 Å². The van der Waals surface area contributed by atoms with Crippen LogP contribution in [0, 0.1) is 0 Å². The van der Waals surface area contributed by atoms with Gasteiger partial charge in [0, 0.05) is 30.2 Å². The number of carboxylic acids is 1. The molecule has 0 spiro atoms. The van der Waals surface area contributed by atoms with E-state index in [-0.39, 0.29) is 29.5 Å². The number of amides is 2. The fourth-order valence-corrected chi connectivity index (χ4v) is 5.01. The van der Waals surface area contributed by atoms with Crippen molar-refractivity contribution < 1.29 is 24.2 Å². The molecule has 0 saturated carbocycles. The third-order valence-electron chi connectivity index (χ3n) is 5.67. The molecule has 1 atom stereocenters. The highest BCUT2D eigenvalue weighted by atomic mass is 32.2. The van der Waals surface area contributed by atoms with Gasteiger partial charge in [0.15, 0.2) is 0 Å². The summed E-state index contributed by atoms with van der Waals surface area (Å²) in [5.41, 5.74) is 1.11. The summed E-state index contributed by atoms with van der Waals surface area (Å²) >= 11 is 1.78. The molecule has 8 heteroatoms. The van der Waals surface area contributed by atoms with Crippen LogP contribution < -0.4 is 10.1 Å². The Morgan fingerprint density at radius 1 is 1.00 bits per heavy atom. The normalized spacial score (nSPS) is 15.0. The maximum absolute atomic E-state index is 12.4.